The lowest BCUT2D eigenvalue weighted by Crippen LogP contribution is -2.18. The molecule has 19 heavy (non-hydrogen) atoms. The maximum Gasteiger partial charge on any atom is 0.125 e. The second-order valence-corrected chi connectivity index (χ2v) is 5.53. The molecule has 0 saturated heterocycles. The molecule has 0 spiro atoms. The van der Waals surface area contributed by atoms with Gasteiger partial charge in [0.05, 0.1) is 18.5 Å². The Kier molecular flexibility index (Phi) is 4.43. The Hall–Kier alpha value is -1.55. The summed E-state index contributed by atoms with van der Waals surface area (Å²) >= 11 is 0. The fourth-order valence-corrected chi connectivity index (χ4v) is 2.09. The Bertz CT molecular complexity index is 525. The molecule has 2 aromatic rings. The predicted molar refractivity (Wildman–Crippen MR) is 76.1 cm³/mol. The molecule has 0 amide bonds. The third-order valence-corrected chi connectivity index (χ3v) is 3.00. The van der Waals surface area contributed by atoms with Crippen LogP contribution in [0.25, 0.3) is 0 Å². The summed E-state index contributed by atoms with van der Waals surface area (Å²) < 4.78 is 7.56. The molecule has 0 aliphatic heterocycles. The Labute approximate surface area is 114 Å². The summed E-state index contributed by atoms with van der Waals surface area (Å²) in [5.74, 6) is 1.62. The van der Waals surface area contributed by atoms with E-state index in [-0.39, 0.29) is 0 Å². The third kappa shape index (κ3) is 3.96. The molecule has 0 fully saturated rings. The van der Waals surface area contributed by atoms with E-state index in [9.17, 15) is 0 Å². The van der Waals surface area contributed by atoms with Crippen LogP contribution in [-0.4, -0.2) is 16.3 Å². The monoisotopic (exact) mass is 261 g/mol. The van der Waals surface area contributed by atoms with E-state index in [0.717, 1.165) is 30.2 Å². The van der Waals surface area contributed by atoms with E-state index < -0.39 is 0 Å². The van der Waals surface area contributed by atoms with Gasteiger partial charge in [0.2, 0.25) is 0 Å². The molecule has 0 unspecified atom stereocenters. The first-order valence-electron chi connectivity index (χ1n) is 6.82. The average Bonchev–Trinajstić information content (AvgIpc) is 2.87. The number of nitrogens with zero attached hydrogens (tertiary/aromatic N) is 2. The molecule has 2 rings (SSSR count). The summed E-state index contributed by atoms with van der Waals surface area (Å²) in [5.41, 5.74) is 3.40. The molecule has 0 aromatic carbocycles. The largest absolute Gasteiger partial charge is 0.467 e. The van der Waals surface area contributed by atoms with Gasteiger partial charge >= 0.3 is 0 Å². The van der Waals surface area contributed by atoms with E-state index in [1.165, 1.54) is 5.56 Å². The van der Waals surface area contributed by atoms with Crippen molar-refractivity contribution in [2.24, 2.45) is 5.92 Å². The zero-order chi connectivity index (χ0) is 13.8. The van der Waals surface area contributed by atoms with Crippen LogP contribution in [0.5, 0.6) is 0 Å². The molecular weight excluding hydrogens is 238 g/mol. The minimum Gasteiger partial charge on any atom is -0.467 e. The Morgan fingerprint density at radius 1 is 1.32 bits per heavy atom. The number of aryl methyl sites for hydroxylation is 2. The van der Waals surface area contributed by atoms with E-state index in [4.69, 9.17) is 4.42 Å². The standard InChI is InChI=1S/C15H23N3O/c1-11(2)7-16-8-14-6-15(19-10-14)9-18-13(4)5-12(3)17-18/h5-6,10-11,16H,7-9H2,1-4H3. The van der Waals surface area contributed by atoms with Crippen molar-refractivity contribution in [1.29, 1.82) is 0 Å². The quantitative estimate of drug-likeness (QED) is 0.869. The molecule has 2 aromatic heterocycles. The Balaban J connectivity index is 1.92. The highest BCUT2D eigenvalue weighted by Crippen LogP contribution is 2.11. The normalized spacial score (nSPS) is 11.4. The van der Waals surface area contributed by atoms with Crippen LogP contribution in [0.15, 0.2) is 22.8 Å². The fraction of sp³-hybridized carbons (Fsp3) is 0.533. The molecular formula is C15H23N3O. The number of furan rings is 1. The van der Waals surface area contributed by atoms with Gasteiger partial charge in [-0.3, -0.25) is 4.68 Å². The van der Waals surface area contributed by atoms with Crippen molar-refractivity contribution in [3.8, 4) is 0 Å². The predicted octanol–water partition coefficient (Wildman–Crippen LogP) is 2.89. The lowest BCUT2D eigenvalue weighted by molar-refractivity contribution is 0.473. The van der Waals surface area contributed by atoms with E-state index in [1.54, 1.807) is 0 Å². The first-order valence-corrected chi connectivity index (χ1v) is 6.82. The van der Waals surface area contributed by atoms with Crippen molar-refractivity contribution in [2.45, 2.75) is 40.8 Å². The van der Waals surface area contributed by atoms with Crippen LogP contribution >= 0.6 is 0 Å². The summed E-state index contributed by atoms with van der Waals surface area (Å²) in [7, 11) is 0. The van der Waals surface area contributed by atoms with E-state index in [1.807, 2.05) is 17.9 Å². The van der Waals surface area contributed by atoms with Crippen molar-refractivity contribution in [2.75, 3.05) is 6.54 Å². The van der Waals surface area contributed by atoms with E-state index in [0.29, 0.717) is 12.5 Å². The molecule has 0 saturated carbocycles. The maximum atomic E-state index is 5.59. The Morgan fingerprint density at radius 3 is 2.74 bits per heavy atom. The van der Waals surface area contributed by atoms with Gasteiger partial charge < -0.3 is 9.73 Å². The molecule has 0 bridgehead atoms. The topological polar surface area (TPSA) is 43.0 Å². The average molecular weight is 261 g/mol. The van der Waals surface area contributed by atoms with Crippen LogP contribution in [0.2, 0.25) is 0 Å². The molecule has 104 valence electrons. The lowest BCUT2D eigenvalue weighted by Gasteiger charge is -2.04. The van der Waals surface area contributed by atoms with Gasteiger partial charge in [0.15, 0.2) is 0 Å². The van der Waals surface area contributed by atoms with Crippen LogP contribution < -0.4 is 5.32 Å². The second kappa shape index (κ2) is 6.06. The SMILES string of the molecule is Cc1cc(C)n(Cc2cc(CNCC(C)C)co2)n1. The molecule has 0 aliphatic rings. The highest BCUT2D eigenvalue weighted by atomic mass is 16.3. The maximum absolute atomic E-state index is 5.59. The van der Waals surface area contributed by atoms with Crippen LogP contribution in [0.4, 0.5) is 0 Å². The van der Waals surface area contributed by atoms with Crippen LogP contribution in [0, 0.1) is 19.8 Å². The minimum absolute atomic E-state index is 0.668. The number of hydrogen-bond acceptors (Lipinski definition) is 3. The fourth-order valence-electron chi connectivity index (χ4n) is 2.09. The van der Waals surface area contributed by atoms with E-state index in [2.05, 4.69) is 43.3 Å². The van der Waals surface area contributed by atoms with Gasteiger partial charge in [-0.15, -0.1) is 0 Å². The summed E-state index contributed by atoms with van der Waals surface area (Å²) in [4.78, 5) is 0. The summed E-state index contributed by atoms with van der Waals surface area (Å²) in [5, 5.41) is 7.85. The van der Waals surface area contributed by atoms with Gasteiger partial charge in [-0.05, 0) is 38.4 Å². The van der Waals surface area contributed by atoms with Gasteiger partial charge in [-0.1, -0.05) is 13.8 Å². The van der Waals surface area contributed by atoms with Gasteiger partial charge in [0.25, 0.3) is 0 Å². The van der Waals surface area contributed by atoms with Crippen LogP contribution in [0.3, 0.4) is 0 Å². The van der Waals surface area contributed by atoms with Gasteiger partial charge in [0, 0.05) is 17.8 Å². The van der Waals surface area contributed by atoms with Crippen molar-refractivity contribution in [1.82, 2.24) is 15.1 Å². The van der Waals surface area contributed by atoms with Crippen molar-refractivity contribution in [3.05, 3.63) is 41.1 Å². The Morgan fingerprint density at radius 2 is 2.11 bits per heavy atom. The van der Waals surface area contributed by atoms with Crippen molar-refractivity contribution < 1.29 is 4.42 Å². The molecule has 0 aliphatic carbocycles. The van der Waals surface area contributed by atoms with Gasteiger partial charge in [0.1, 0.15) is 5.76 Å². The molecule has 1 N–H and O–H groups in total. The molecule has 0 radical (unpaired) electrons. The first-order chi connectivity index (χ1) is 9.04. The molecule has 4 nitrogen and oxygen atoms in total. The summed E-state index contributed by atoms with van der Waals surface area (Å²) in [6.45, 7) is 11.1. The zero-order valence-electron chi connectivity index (χ0n) is 12.2. The van der Waals surface area contributed by atoms with Gasteiger partial charge in [-0.25, -0.2) is 0 Å². The summed E-state index contributed by atoms with van der Waals surface area (Å²) in [6, 6.07) is 4.18. The zero-order valence-corrected chi connectivity index (χ0v) is 12.2. The highest BCUT2D eigenvalue weighted by Gasteiger charge is 2.06. The third-order valence-electron chi connectivity index (χ3n) is 3.00. The number of nitrogens with one attached hydrogen (secondary N) is 1. The van der Waals surface area contributed by atoms with Crippen LogP contribution in [-0.2, 0) is 13.1 Å². The molecule has 2 heterocycles. The first kappa shape index (κ1) is 13.9. The second-order valence-electron chi connectivity index (χ2n) is 5.53. The molecule has 0 atom stereocenters. The minimum atomic E-state index is 0.668. The van der Waals surface area contributed by atoms with Gasteiger partial charge in [-0.2, -0.15) is 5.10 Å². The lowest BCUT2D eigenvalue weighted by atomic mass is 10.2. The van der Waals surface area contributed by atoms with Crippen LogP contribution in [0.1, 0.15) is 36.6 Å². The van der Waals surface area contributed by atoms with E-state index >= 15 is 0 Å². The van der Waals surface area contributed by atoms with Crippen molar-refractivity contribution >= 4 is 0 Å². The molecule has 4 heteroatoms. The highest BCUT2D eigenvalue weighted by molar-refractivity contribution is 5.14. The smallest absolute Gasteiger partial charge is 0.125 e. The number of hydrogen-bond donors (Lipinski definition) is 1. The number of rotatable bonds is 6. The number of aromatic nitrogens is 2. The summed E-state index contributed by atoms with van der Waals surface area (Å²) in [6.07, 6.45) is 1.83. The van der Waals surface area contributed by atoms with Crippen molar-refractivity contribution in [3.63, 3.8) is 0 Å².